The standard InChI is InChI=1S/C17H23N/c1-17(2)10-5-11-18-16(17)15-9-8-13-6-3-4-7-14(13)12-15/h8-9,12H,3-7,10-11H2,1-2H3. The van der Waals surface area contributed by atoms with Gasteiger partial charge in [0.15, 0.2) is 0 Å². The van der Waals surface area contributed by atoms with Gasteiger partial charge in [0.2, 0.25) is 0 Å². The first kappa shape index (κ1) is 12.0. The summed E-state index contributed by atoms with van der Waals surface area (Å²) in [6.45, 7) is 5.69. The van der Waals surface area contributed by atoms with Crippen molar-refractivity contribution < 1.29 is 0 Å². The Hall–Kier alpha value is -1.11. The predicted octanol–water partition coefficient (Wildman–Crippen LogP) is 4.17. The Morgan fingerprint density at radius 2 is 1.78 bits per heavy atom. The van der Waals surface area contributed by atoms with Crippen LogP contribution in [0.1, 0.15) is 56.2 Å². The first-order valence-electron chi connectivity index (χ1n) is 7.34. The van der Waals surface area contributed by atoms with E-state index in [1.807, 2.05) is 0 Å². The summed E-state index contributed by atoms with van der Waals surface area (Å²) in [7, 11) is 0. The van der Waals surface area contributed by atoms with Crippen LogP contribution in [0, 0.1) is 5.41 Å². The zero-order valence-corrected chi connectivity index (χ0v) is 11.6. The van der Waals surface area contributed by atoms with Crippen LogP contribution in [0.4, 0.5) is 0 Å². The molecule has 0 spiro atoms. The lowest BCUT2D eigenvalue weighted by Crippen LogP contribution is -2.29. The maximum atomic E-state index is 4.82. The zero-order chi connectivity index (χ0) is 12.6. The van der Waals surface area contributed by atoms with Gasteiger partial charge in [-0.05, 0) is 61.3 Å². The Bertz CT molecular complexity index is 482. The number of nitrogens with zero attached hydrogens (tertiary/aromatic N) is 1. The third-order valence-corrected chi connectivity index (χ3v) is 4.49. The third-order valence-electron chi connectivity index (χ3n) is 4.49. The minimum atomic E-state index is 0.251. The SMILES string of the molecule is CC1(C)CCCN=C1c1ccc2c(c1)CCCC2. The molecule has 1 heteroatoms. The van der Waals surface area contributed by atoms with Crippen LogP contribution >= 0.6 is 0 Å². The molecule has 1 nitrogen and oxygen atoms in total. The molecular weight excluding hydrogens is 218 g/mol. The fourth-order valence-corrected chi connectivity index (χ4v) is 3.41. The molecule has 3 rings (SSSR count). The molecule has 1 aliphatic carbocycles. The zero-order valence-electron chi connectivity index (χ0n) is 11.6. The topological polar surface area (TPSA) is 12.4 Å². The number of rotatable bonds is 1. The monoisotopic (exact) mass is 241 g/mol. The van der Waals surface area contributed by atoms with E-state index < -0.39 is 0 Å². The van der Waals surface area contributed by atoms with Crippen molar-refractivity contribution in [3.8, 4) is 0 Å². The average Bonchev–Trinajstić information content (AvgIpc) is 2.38. The average molecular weight is 241 g/mol. The summed E-state index contributed by atoms with van der Waals surface area (Å²) in [5.41, 5.74) is 6.10. The lowest BCUT2D eigenvalue weighted by Gasteiger charge is -2.31. The van der Waals surface area contributed by atoms with Crippen LogP contribution in [0.5, 0.6) is 0 Å². The molecule has 0 saturated carbocycles. The number of hydrogen-bond donors (Lipinski definition) is 0. The highest BCUT2D eigenvalue weighted by atomic mass is 14.8. The summed E-state index contributed by atoms with van der Waals surface area (Å²) in [6, 6.07) is 7.06. The summed E-state index contributed by atoms with van der Waals surface area (Å²) in [5.74, 6) is 0. The van der Waals surface area contributed by atoms with Gasteiger partial charge < -0.3 is 0 Å². The molecule has 1 aliphatic heterocycles. The van der Waals surface area contributed by atoms with Crippen LogP contribution < -0.4 is 0 Å². The normalized spacial score (nSPS) is 22.2. The molecule has 1 aromatic carbocycles. The Morgan fingerprint density at radius 1 is 1.00 bits per heavy atom. The van der Waals surface area contributed by atoms with E-state index in [0.29, 0.717) is 0 Å². The van der Waals surface area contributed by atoms with E-state index in [4.69, 9.17) is 4.99 Å². The van der Waals surface area contributed by atoms with Crippen molar-refractivity contribution in [1.29, 1.82) is 0 Å². The van der Waals surface area contributed by atoms with Gasteiger partial charge in [-0.1, -0.05) is 26.0 Å². The van der Waals surface area contributed by atoms with E-state index in [2.05, 4.69) is 32.0 Å². The van der Waals surface area contributed by atoms with Crippen LogP contribution in [0.3, 0.4) is 0 Å². The minimum absolute atomic E-state index is 0.251. The highest BCUT2D eigenvalue weighted by Gasteiger charge is 2.28. The van der Waals surface area contributed by atoms with Gasteiger partial charge in [-0.2, -0.15) is 0 Å². The highest BCUT2D eigenvalue weighted by Crippen LogP contribution is 2.33. The molecular formula is C17H23N. The number of benzene rings is 1. The second kappa shape index (κ2) is 4.53. The lowest BCUT2D eigenvalue weighted by molar-refractivity contribution is 0.440. The predicted molar refractivity (Wildman–Crippen MR) is 77.5 cm³/mol. The van der Waals surface area contributed by atoms with Crippen LogP contribution in [-0.2, 0) is 12.8 Å². The van der Waals surface area contributed by atoms with Crippen LogP contribution in [0.2, 0.25) is 0 Å². The van der Waals surface area contributed by atoms with E-state index in [9.17, 15) is 0 Å². The number of hydrogen-bond acceptors (Lipinski definition) is 1. The van der Waals surface area contributed by atoms with Gasteiger partial charge in [0, 0.05) is 17.7 Å². The molecule has 0 N–H and O–H groups in total. The van der Waals surface area contributed by atoms with Crippen molar-refractivity contribution in [2.75, 3.05) is 6.54 Å². The van der Waals surface area contributed by atoms with Crippen LogP contribution in [-0.4, -0.2) is 12.3 Å². The van der Waals surface area contributed by atoms with Gasteiger partial charge in [0.1, 0.15) is 0 Å². The second-order valence-corrected chi connectivity index (χ2v) is 6.41. The van der Waals surface area contributed by atoms with Crippen molar-refractivity contribution in [2.45, 2.75) is 52.4 Å². The molecule has 96 valence electrons. The maximum Gasteiger partial charge on any atom is 0.0476 e. The Labute approximate surface area is 110 Å². The molecule has 0 atom stereocenters. The van der Waals surface area contributed by atoms with Crippen molar-refractivity contribution in [3.05, 3.63) is 34.9 Å². The van der Waals surface area contributed by atoms with Gasteiger partial charge in [0.05, 0.1) is 0 Å². The molecule has 0 bridgehead atoms. The summed E-state index contributed by atoms with van der Waals surface area (Å²) in [4.78, 5) is 4.82. The summed E-state index contributed by atoms with van der Waals surface area (Å²) < 4.78 is 0. The number of aliphatic imine (C=N–C) groups is 1. The molecule has 0 unspecified atom stereocenters. The van der Waals surface area contributed by atoms with E-state index in [1.54, 1.807) is 11.1 Å². The van der Waals surface area contributed by atoms with Crippen molar-refractivity contribution >= 4 is 5.71 Å². The molecule has 0 fully saturated rings. The molecule has 18 heavy (non-hydrogen) atoms. The van der Waals surface area contributed by atoms with Crippen molar-refractivity contribution in [3.63, 3.8) is 0 Å². The Balaban J connectivity index is 1.99. The van der Waals surface area contributed by atoms with Gasteiger partial charge in [-0.25, -0.2) is 0 Å². The molecule has 2 aliphatic rings. The lowest BCUT2D eigenvalue weighted by atomic mass is 9.77. The van der Waals surface area contributed by atoms with Crippen LogP contribution in [0.25, 0.3) is 0 Å². The van der Waals surface area contributed by atoms with Gasteiger partial charge >= 0.3 is 0 Å². The molecule has 1 heterocycles. The molecule has 1 aromatic rings. The summed E-state index contributed by atoms with van der Waals surface area (Å²) >= 11 is 0. The second-order valence-electron chi connectivity index (χ2n) is 6.41. The fraction of sp³-hybridized carbons (Fsp3) is 0.588. The first-order valence-corrected chi connectivity index (χ1v) is 7.34. The van der Waals surface area contributed by atoms with Gasteiger partial charge in [-0.3, -0.25) is 4.99 Å². The summed E-state index contributed by atoms with van der Waals surface area (Å²) in [6.07, 6.45) is 7.75. The molecule has 0 aromatic heterocycles. The van der Waals surface area contributed by atoms with Gasteiger partial charge in [0.25, 0.3) is 0 Å². The first-order chi connectivity index (χ1) is 8.67. The Morgan fingerprint density at radius 3 is 2.56 bits per heavy atom. The van der Waals surface area contributed by atoms with Crippen molar-refractivity contribution in [2.24, 2.45) is 10.4 Å². The van der Waals surface area contributed by atoms with Crippen LogP contribution in [0.15, 0.2) is 23.2 Å². The molecule has 0 saturated heterocycles. The summed E-state index contributed by atoms with van der Waals surface area (Å²) in [5, 5.41) is 0. The van der Waals surface area contributed by atoms with E-state index in [0.717, 1.165) is 6.54 Å². The van der Waals surface area contributed by atoms with E-state index in [-0.39, 0.29) is 5.41 Å². The fourth-order valence-electron chi connectivity index (χ4n) is 3.41. The largest absolute Gasteiger partial charge is 0.289 e. The smallest absolute Gasteiger partial charge is 0.0476 e. The molecule has 0 radical (unpaired) electrons. The van der Waals surface area contributed by atoms with Gasteiger partial charge in [-0.15, -0.1) is 0 Å². The highest BCUT2D eigenvalue weighted by molar-refractivity contribution is 6.04. The quantitative estimate of drug-likeness (QED) is 0.699. The Kier molecular flexibility index (Phi) is 3.01. The maximum absolute atomic E-state index is 4.82. The number of aryl methyl sites for hydroxylation is 2. The minimum Gasteiger partial charge on any atom is -0.289 e. The molecule has 0 amide bonds. The number of fused-ring (bicyclic) bond motifs is 1. The van der Waals surface area contributed by atoms with Crippen molar-refractivity contribution in [1.82, 2.24) is 0 Å². The van der Waals surface area contributed by atoms with E-state index >= 15 is 0 Å². The van der Waals surface area contributed by atoms with E-state index in [1.165, 1.54) is 49.8 Å². The third kappa shape index (κ3) is 2.11.